The molecule has 0 unspecified atom stereocenters. The van der Waals surface area contributed by atoms with Gasteiger partial charge in [-0.2, -0.15) is 0 Å². The number of esters is 1. The van der Waals surface area contributed by atoms with Crippen LogP contribution in [-0.4, -0.2) is 25.0 Å². The molecule has 146 valence electrons. The first-order valence-electron chi connectivity index (χ1n) is 9.89. The molecule has 4 rings (SSSR count). The normalized spacial score (nSPS) is 13.1. The summed E-state index contributed by atoms with van der Waals surface area (Å²) in [6.45, 7) is 0.386. The first kappa shape index (κ1) is 18.9. The number of carbonyl (C=O) groups is 2. The maximum Gasteiger partial charge on any atom is 0.318 e. The summed E-state index contributed by atoms with van der Waals surface area (Å²) in [6.07, 6.45) is 1.87. The van der Waals surface area contributed by atoms with Crippen LogP contribution in [0.25, 0.3) is 0 Å². The Labute approximate surface area is 170 Å². The number of rotatable bonds is 5. The topological polar surface area (TPSA) is 46.6 Å². The Hall–Kier alpha value is -3.40. The van der Waals surface area contributed by atoms with Crippen molar-refractivity contribution in [3.63, 3.8) is 0 Å². The molecule has 0 N–H and O–H groups in total. The van der Waals surface area contributed by atoms with Gasteiger partial charge in [0.15, 0.2) is 6.61 Å². The predicted octanol–water partition coefficient (Wildman–Crippen LogP) is 4.34. The molecule has 0 fully saturated rings. The van der Waals surface area contributed by atoms with Crippen molar-refractivity contribution in [2.75, 3.05) is 18.1 Å². The zero-order chi connectivity index (χ0) is 20.1. The van der Waals surface area contributed by atoms with E-state index in [1.807, 2.05) is 84.9 Å². The maximum atomic E-state index is 13.0. The van der Waals surface area contributed by atoms with Gasteiger partial charge in [-0.05, 0) is 35.6 Å². The van der Waals surface area contributed by atoms with Crippen LogP contribution in [0, 0.1) is 0 Å². The third-order valence-electron chi connectivity index (χ3n) is 5.25. The highest BCUT2D eigenvalue weighted by Gasteiger charge is 2.27. The van der Waals surface area contributed by atoms with Crippen molar-refractivity contribution in [2.45, 2.75) is 18.8 Å². The second-order valence-corrected chi connectivity index (χ2v) is 7.14. The van der Waals surface area contributed by atoms with Gasteiger partial charge in [-0.3, -0.25) is 9.59 Å². The Bertz CT molecular complexity index is 946. The zero-order valence-corrected chi connectivity index (χ0v) is 16.2. The fourth-order valence-corrected chi connectivity index (χ4v) is 3.84. The molecule has 1 aliphatic rings. The fraction of sp³-hybridized carbons (Fsp3) is 0.200. The van der Waals surface area contributed by atoms with Gasteiger partial charge < -0.3 is 9.64 Å². The van der Waals surface area contributed by atoms with Crippen molar-refractivity contribution in [3.05, 3.63) is 102 Å². The van der Waals surface area contributed by atoms with Gasteiger partial charge in [-0.1, -0.05) is 78.9 Å². The van der Waals surface area contributed by atoms with Gasteiger partial charge in [0.1, 0.15) is 5.92 Å². The first-order valence-corrected chi connectivity index (χ1v) is 9.89. The number of benzene rings is 3. The van der Waals surface area contributed by atoms with Crippen molar-refractivity contribution in [1.29, 1.82) is 0 Å². The molecule has 0 aromatic heterocycles. The third kappa shape index (κ3) is 4.21. The number of aryl methyl sites for hydroxylation is 1. The van der Waals surface area contributed by atoms with Crippen molar-refractivity contribution in [3.8, 4) is 0 Å². The van der Waals surface area contributed by atoms with Crippen LogP contribution in [-0.2, 0) is 20.7 Å². The number of nitrogens with zero attached hydrogens (tertiary/aromatic N) is 1. The lowest BCUT2D eigenvalue weighted by Gasteiger charge is -2.29. The van der Waals surface area contributed by atoms with E-state index in [4.69, 9.17) is 4.74 Å². The first-order chi connectivity index (χ1) is 14.2. The van der Waals surface area contributed by atoms with Crippen molar-refractivity contribution >= 4 is 17.6 Å². The Kier molecular flexibility index (Phi) is 5.71. The van der Waals surface area contributed by atoms with Crippen molar-refractivity contribution < 1.29 is 14.3 Å². The van der Waals surface area contributed by atoms with Crippen LogP contribution in [0.3, 0.4) is 0 Å². The molecule has 0 aliphatic carbocycles. The van der Waals surface area contributed by atoms with Gasteiger partial charge in [0.2, 0.25) is 0 Å². The van der Waals surface area contributed by atoms with E-state index in [9.17, 15) is 9.59 Å². The summed E-state index contributed by atoms with van der Waals surface area (Å²) in [6, 6.07) is 26.9. The van der Waals surface area contributed by atoms with E-state index in [1.165, 1.54) is 0 Å². The summed E-state index contributed by atoms with van der Waals surface area (Å²) >= 11 is 0. The molecule has 3 aromatic rings. The average molecular weight is 385 g/mol. The average Bonchev–Trinajstić information content (AvgIpc) is 2.79. The largest absolute Gasteiger partial charge is 0.455 e. The number of hydrogen-bond acceptors (Lipinski definition) is 3. The fourth-order valence-electron chi connectivity index (χ4n) is 3.84. The molecule has 0 radical (unpaired) electrons. The number of ether oxygens (including phenoxy) is 1. The summed E-state index contributed by atoms with van der Waals surface area (Å²) in [5, 5.41) is 0. The molecule has 4 heteroatoms. The molecule has 29 heavy (non-hydrogen) atoms. The van der Waals surface area contributed by atoms with Gasteiger partial charge in [0, 0.05) is 12.2 Å². The lowest BCUT2D eigenvalue weighted by molar-refractivity contribution is -0.148. The van der Waals surface area contributed by atoms with Crippen LogP contribution in [0.5, 0.6) is 0 Å². The Balaban J connectivity index is 1.50. The molecule has 0 spiro atoms. The second kappa shape index (κ2) is 8.74. The Morgan fingerprint density at radius 3 is 2.07 bits per heavy atom. The lowest BCUT2D eigenvalue weighted by Crippen LogP contribution is -2.38. The Morgan fingerprint density at radius 1 is 0.828 bits per heavy atom. The van der Waals surface area contributed by atoms with E-state index in [1.54, 1.807) is 4.90 Å². The summed E-state index contributed by atoms with van der Waals surface area (Å²) in [5.41, 5.74) is 3.77. The predicted molar refractivity (Wildman–Crippen MR) is 113 cm³/mol. The van der Waals surface area contributed by atoms with E-state index in [2.05, 4.69) is 0 Å². The SMILES string of the molecule is O=C(OCC(=O)N1CCCc2ccccc21)C(c1ccccc1)c1ccccc1. The van der Waals surface area contributed by atoms with Gasteiger partial charge in [0.25, 0.3) is 5.91 Å². The number of amides is 1. The zero-order valence-electron chi connectivity index (χ0n) is 16.2. The van der Waals surface area contributed by atoms with Gasteiger partial charge in [-0.15, -0.1) is 0 Å². The van der Waals surface area contributed by atoms with Gasteiger partial charge in [-0.25, -0.2) is 0 Å². The molecule has 0 saturated carbocycles. The highest BCUT2D eigenvalue weighted by molar-refractivity contribution is 5.96. The molecule has 4 nitrogen and oxygen atoms in total. The number of para-hydroxylation sites is 1. The van der Waals surface area contributed by atoms with E-state index in [0.29, 0.717) is 6.54 Å². The molecule has 3 aromatic carbocycles. The summed E-state index contributed by atoms with van der Waals surface area (Å²) in [4.78, 5) is 27.5. The summed E-state index contributed by atoms with van der Waals surface area (Å²) in [5.74, 6) is -1.16. The van der Waals surface area contributed by atoms with Gasteiger partial charge >= 0.3 is 5.97 Å². The van der Waals surface area contributed by atoms with E-state index in [0.717, 1.165) is 35.2 Å². The number of carbonyl (C=O) groups excluding carboxylic acids is 2. The van der Waals surface area contributed by atoms with E-state index in [-0.39, 0.29) is 12.5 Å². The second-order valence-electron chi connectivity index (χ2n) is 7.14. The van der Waals surface area contributed by atoms with Crippen molar-refractivity contribution in [1.82, 2.24) is 0 Å². The van der Waals surface area contributed by atoms with E-state index >= 15 is 0 Å². The van der Waals surface area contributed by atoms with Crippen LogP contribution in [0.1, 0.15) is 29.0 Å². The van der Waals surface area contributed by atoms with Crippen LogP contribution in [0.4, 0.5) is 5.69 Å². The maximum absolute atomic E-state index is 13.0. The highest BCUT2D eigenvalue weighted by atomic mass is 16.5. The minimum atomic E-state index is -0.557. The molecule has 0 atom stereocenters. The molecular weight excluding hydrogens is 362 g/mol. The molecule has 0 bridgehead atoms. The number of fused-ring (bicyclic) bond motifs is 1. The molecular formula is C25H23NO3. The summed E-state index contributed by atoms with van der Waals surface area (Å²) in [7, 11) is 0. The van der Waals surface area contributed by atoms with Crippen LogP contribution >= 0.6 is 0 Å². The monoisotopic (exact) mass is 385 g/mol. The summed E-state index contributed by atoms with van der Waals surface area (Å²) < 4.78 is 5.51. The number of anilines is 1. The molecule has 1 aliphatic heterocycles. The molecule has 0 saturated heterocycles. The van der Waals surface area contributed by atoms with Crippen LogP contribution in [0.2, 0.25) is 0 Å². The highest BCUT2D eigenvalue weighted by Crippen LogP contribution is 2.28. The molecule has 1 amide bonds. The van der Waals surface area contributed by atoms with Gasteiger partial charge in [0.05, 0.1) is 0 Å². The van der Waals surface area contributed by atoms with E-state index < -0.39 is 11.9 Å². The van der Waals surface area contributed by atoms with Crippen LogP contribution < -0.4 is 4.90 Å². The Morgan fingerprint density at radius 2 is 1.41 bits per heavy atom. The standard InChI is InChI=1S/C25H23NO3/c27-23(26-17-9-15-19-10-7-8-16-22(19)26)18-29-25(28)24(20-11-3-1-4-12-20)21-13-5-2-6-14-21/h1-8,10-14,16,24H,9,15,17-18H2. The lowest BCUT2D eigenvalue weighted by atomic mass is 9.91. The quantitative estimate of drug-likeness (QED) is 0.614. The smallest absolute Gasteiger partial charge is 0.318 e. The number of hydrogen-bond donors (Lipinski definition) is 0. The minimum absolute atomic E-state index is 0.189. The van der Waals surface area contributed by atoms with Crippen LogP contribution in [0.15, 0.2) is 84.9 Å². The third-order valence-corrected chi connectivity index (χ3v) is 5.25. The molecule has 1 heterocycles. The van der Waals surface area contributed by atoms with Crippen molar-refractivity contribution in [2.24, 2.45) is 0 Å². The minimum Gasteiger partial charge on any atom is -0.455 e.